The maximum Gasteiger partial charge on any atom is 0.311 e. The molecule has 0 saturated heterocycles. The number of hydrogen-bond acceptors (Lipinski definition) is 11. The minimum absolute atomic E-state index is 0.0613. The summed E-state index contributed by atoms with van der Waals surface area (Å²) in [5, 5.41) is 1.84. The van der Waals surface area contributed by atoms with Crippen LogP contribution in [0, 0.1) is 67.1 Å². The standard InChI is InChI=1S/2C12H16O2.2C12H16O.3C11H13ClO.C11H12F2O.C11H14O/c1-9(2)7-12(13)10-5-4-6-11(8-10)14-3;1-9(2)8-11(13)10-6-4-5-7-12(10)14-3;1-9(2)7-12(13)11-6-4-5-10(3)8-11;1-9(2)8-12(13)11-7-5-4-6-10(11)3;1-8(2)7-11(13)9-3-5-10(12)6-4-9;1-8(2)6-11(13)9-4-3-5-10(12)7-9;1-8(2)7-11(13)9-5-3-4-6-10(9)12;1-8(2)11(12,13)10(14)9-6-4-3-5-7-9;1-9(2)8-11(12)10-6-4-3-5-7-10/h4-6,8-9H,7H2,1-3H3;4-7,9H,8H2,1-3H3;4-6,8-9H,7H2,1-3H3;4-7,9H,8H2,1-3H3;3-6,8H,7H2,1-2H3;3-5,7-8H,6H2,1-2H3;3-6,8H,7H2,1-2H3;3-8H,1-2H3;3-7,9H,8H2,1-2H3. The van der Waals surface area contributed by atoms with E-state index in [0.717, 1.165) is 44.7 Å². The molecule has 9 rings (SSSR count). The number of ketones is 9. The van der Waals surface area contributed by atoms with Gasteiger partial charge in [-0.15, -0.1) is 0 Å². The van der Waals surface area contributed by atoms with E-state index < -0.39 is 17.6 Å². The molecule has 9 aromatic carbocycles. The van der Waals surface area contributed by atoms with Crippen LogP contribution >= 0.6 is 34.8 Å². The lowest BCUT2D eigenvalue weighted by Crippen LogP contribution is -2.34. The van der Waals surface area contributed by atoms with Gasteiger partial charge in [0.15, 0.2) is 46.3 Å². The Kier molecular flexibility index (Phi) is 52.6. The molecule has 0 aliphatic rings. The summed E-state index contributed by atoms with van der Waals surface area (Å²) in [5.74, 6) is 0.874. The number of alkyl halides is 2. The number of halogens is 5. The van der Waals surface area contributed by atoms with Gasteiger partial charge in [0.2, 0.25) is 5.78 Å². The second kappa shape index (κ2) is 58.3. The van der Waals surface area contributed by atoms with Crippen LogP contribution < -0.4 is 9.47 Å². The molecule has 0 aromatic heterocycles. The summed E-state index contributed by atoms with van der Waals surface area (Å²) in [6.07, 6.45) is 4.83. The molecule has 0 saturated carbocycles. The molecule has 16 heteroatoms. The van der Waals surface area contributed by atoms with E-state index in [1.54, 1.807) is 99.1 Å². The van der Waals surface area contributed by atoms with Crippen molar-refractivity contribution in [2.24, 2.45) is 53.3 Å². The first kappa shape index (κ1) is 107. The highest BCUT2D eigenvalue weighted by atomic mass is 35.5. The second-order valence-electron chi connectivity index (χ2n) is 32.6. The fourth-order valence-corrected chi connectivity index (χ4v) is 11.5. The highest BCUT2D eigenvalue weighted by Crippen LogP contribution is 2.29. The first-order valence-corrected chi connectivity index (χ1v) is 42.0. The van der Waals surface area contributed by atoms with Gasteiger partial charge in [0.1, 0.15) is 11.5 Å². The minimum Gasteiger partial charge on any atom is -0.497 e. The third kappa shape index (κ3) is 45.9. The highest BCUT2D eigenvalue weighted by molar-refractivity contribution is 6.34. The Labute approximate surface area is 725 Å². The Balaban J connectivity index is 0.000000670. The predicted octanol–water partition coefficient (Wildman–Crippen LogP) is 29.1. The first-order chi connectivity index (χ1) is 55.9. The van der Waals surface area contributed by atoms with Crippen LogP contribution in [0.1, 0.15) is 280 Å². The van der Waals surface area contributed by atoms with Gasteiger partial charge < -0.3 is 9.47 Å². The molecule has 642 valence electrons. The zero-order valence-electron chi connectivity index (χ0n) is 74.2. The largest absolute Gasteiger partial charge is 0.497 e. The smallest absolute Gasteiger partial charge is 0.311 e. The van der Waals surface area contributed by atoms with Crippen LogP contribution in [0.4, 0.5) is 8.78 Å². The molecule has 0 aliphatic heterocycles. The Morgan fingerprint density at radius 2 is 0.613 bits per heavy atom. The SMILES string of the molecule is CC(C)C(F)(F)C(=O)c1ccccc1.CC(C)CC(=O)c1ccc(Cl)cc1.CC(C)CC(=O)c1cccc(Cl)c1.CC(C)CC(=O)c1ccccc1.CC(C)CC(=O)c1ccccc1Cl.COc1cccc(C(=O)CC(C)C)c1.COc1ccccc1C(=O)CC(C)C.Cc1cccc(C(=O)CC(C)C)c1.Cc1ccccc1C(=O)CC(C)C. The van der Waals surface area contributed by atoms with Gasteiger partial charge in [0.25, 0.3) is 0 Å². The molecule has 0 bridgehead atoms. The third-order valence-corrected chi connectivity index (χ3v) is 17.8. The molecule has 0 atom stereocenters. The molecule has 0 unspecified atom stereocenters. The average Bonchev–Trinajstić information content (AvgIpc) is 0.838. The highest BCUT2D eigenvalue weighted by Gasteiger charge is 2.42. The van der Waals surface area contributed by atoms with Crippen molar-refractivity contribution in [2.75, 3.05) is 14.2 Å². The van der Waals surface area contributed by atoms with Gasteiger partial charge in [-0.25, -0.2) is 0 Å². The van der Waals surface area contributed by atoms with Gasteiger partial charge >= 0.3 is 5.92 Å². The van der Waals surface area contributed by atoms with Crippen LogP contribution in [0.15, 0.2) is 231 Å². The number of methoxy groups -OCH3 is 2. The summed E-state index contributed by atoms with van der Waals surface area (Å²) in [6, 6.07) is 68.5. The first-order valence-electron chi connectivity index (χ1n) is 40.9. The van der Waals surface area contributed by atoms with Crippen molar-refractivity contribution < 1.29 is 61.4 Å². The van der Waals surface area contributed by atoms with Crippen LogP contribution in [-0.2, 0) is 0 Å². The van der Waals surface area contributed by atoms with Gasteiger partial charge in [-0.3, -0.25) is 43.2 Å². The topological polar surface area (TPSA) is 172 Å². The maximum atomic E-state index is 13.3. The van der Waals surface area contributed by atoms with E-state index in [9.17, 15) is 51.9 Å². The summed E-state index contributed by atoms with van der Waals surface area (Å²) < 4.78 is 36.7. The Bertz CT molecular complexity index is 4400. The van der Waals surface area contributed by atoms with Crippen LogP contribution in [0.25, 0.3) is 0 Å². The van der Waals surface area contributed by atoms with E-state index in [1.165, 1.54) is 26.0 Å². The lowest BCUT2D eigenvalue weighted by Gasteiger charge is -2.18. The number of carbonyl (C=O) groups is 9. The quantitative estimate of drug-likeness (QED) is 0.0408. The lowest BCUT2D eigenvalue weighted by molar-refractivity contribution is -0.0203. The van der Waals surface area contributed by atoms with Crippen molar-refractivity contribution in [2.45, 2.75) is 196 Å². The number of rotatable bonds is 29. The van der Waals surface area contributed by atoms with Crippen LogP contribution in [0.2, 0.25) is 15.1 Å². The molecule has 0 amide bonds. The Morgan fingerprint density at radius 3 is 1.01 bits per heavy atom. The van der Waals surface area contributed by atoms with E-state index in [0.29, 0.717) is 136 Å². The molecule has 9 aromatic rings. The molecule has 11 nitrogen and oxygen atoms in total. The van der Waals surface area contributed by atoms with Crippen LogP contribution in [0.3, 0.4) is 0 Å². The van der Waals surface area contributed by atoms with Crippen molar-refractivity contribution in [1.29, 1.82) is 0 Å². The van der Waals surface area contributed by atoms with Gasteiger partial charge in [-0.2, -0.15) is 8.78 Å². The molecular formula is C103H129Cl3F2O11. The molecule has 119 heavy (non-hydrogen) atoms. The molecule has 0 spiro atoms. The maximum absolute atomic E-state index is 13.3. The van der Waals surface area contributed by atoms with Gasteiger partial charge in [0.05, 0.1) is 24.8 Å². The number of hydrogen-bond donors (Lipinski definition) is 0. The Hall–Kier alpha value is -9.66. The summed E-state index contributed by atoms with van der Waals surface area (Å²) in [7, 11) is 3.19. The monoisotopic (exact) mass is 1680 g/mol. The van der Waals surface area contributed by atoms with Gasteiger partial charge in [-0.1, -0.05) is 317 Å². The summed E-state index contributed by atoms with van der Waals surface area (Å²) in [5.41, 5.74) is 8.34. The molecule has 0 radical (unpaired) electrons. The second-order valence-corrected chi connectivity index (χ2v) is 33.9. The van der Waals surface area contributed by atoms with E-state index >= 15 is 0 Å². The van der Waals surface area contributed by atoms with E-state index in [4.69, 9.17) is 44.3 Å². The average molecular weight is 1690 g/mol. The number of benzene rings is 9. The number of carbonyl (C=O) groups excluding carboxylic acids is 9. The molecular weight excluding hydrogens is 1560 g/mol. The molecule has 0 aliphatic carbocycles. The Morgan fingerprint density at radius 1 is 0.294 bits per heavy atom. The van der Waals surface area contributed by atoms with E-state index in [2.05, 4.69) is 41.5 Å². The van der Waals surface area contributed by atoms with Crippen molar-refractivity contribution in [3.63, 3.8) is 0 Å². The number of aryl methyl sites for hydroxylation is 2. The number of ether oxygens (including phenoxy) is 2. The van der Waals surface area contributed by atoms with Gasteiger partial charge in [0, 0.05) is 112 Å². The predicted molar refractivity (Wildman–Crippen MR) is 490 cm³/mol. The third-order valence-electron chi connectivity index (χ3n) is 17.0. The fraction of sp³-hybridized carbons (Fsp3) is 0.388. The minimum atomic E-state index is -3.28. The summed E-state index contributed by atoms with van der Waals surface area (Å²) in [6.45, 7) is 39.4. The van der Waals surface area contributed by atoms with Crippen molar-refractivity contribution in [3.8, 4) is 11.5 Å². The normalized spacial score (nSPS) is 10.6. The van der Waals surface area contributed by atoms with Crippen LogP contribution in [-0.4, -0.2) is 72.2 Å². The summed E-state index contributed by atoms with van der Waals surface area (Å²) in [4.78, 5) is 104. The molecule has 0 heterocycles. The van der Waals surface area contributed by atoms with Gasteiger partial charge in [-0.05, 0) is 146 Å². The van der Waals surface area contributed by atoms with E-state index in [1.807, 2.05) is 217 Å². The molecule has 0 N–H and O–H groups in total. The zero-order chi connectivity index (χ0) is 90.1. The van der Waals surface area contributed by atoms with Crippen molar-refractivity contribution in [3.05, 3.63) is 307 Å². The van der Waals surface area contributed by atoms with E-state index in [-0.39, 0.29) is 51.8 Å². The van der Waals surface area contributed by atoms with Crippen molar-refractivity contribution in [1.82, 2.24) is 0 Å². The van der Waals surface area contributed by atoms with Crippen molar-refractivity contribution >= 4 is 86.9 Å². The number of Topliss-reactive ketones (excluding diaryl/α,β-unsaturated/α-hetero) is 9. The fourth-order valence-electron chi connectivity index (χ4n) is 10.9. The summed E-state index contributed by atoms with van der Waals surface area (Å²) >= 11 is 17.4. The number of para-hydroxylation sites is 1. The zero-order valence-corrected chi connectivity index (χ0v) is 76.4. The van der Waals surface area contributed by atoms with Crippen LogP contribution in [0.5, 0.6) is 11.5 Å². The lowest BCUT2D eigenvalue weighted by atomic mass is 9.97. The molecule has 0 fully saturated rings.